The van der Waals surface area contributed by atoms with Gasteiger partial charge in [-0.15, -0.1) is 0 Å². The van der Waals surface area contributed by atoms with Crippen LogP contribution in [-0.2, 0) is 9.59 Å². The molecule has 0 saturated heterocycles. The fourth-order valence-electron chi connectivity index (χ4n) is 1.92. The first-order valence-electron chi connectivity index (χ1n) is 6.38. The zero-order valence-electron chi connectivity index (χ0n) is 11.1. The van der Waals surface area contributed by atoms with Crippen LogP contribution < -0.4 is 4.74 Å². The molecule has 1 aliphatic carbocycles. The highest BCUT2D eigenvalue weighted by Gasteiger charge is 2.33. The van der Waals surface area contributed by atoms with Crippen molar-refractivity contribution in [1.82, 2.24) is 4.90 Å². The zero-order chi connectivity index (χ0) is 14.7. The Morgan fingerprint density at radius 2 is 2.15 bits per heavy atom. The molecule has 0 aromatic heterocycles. The average molecular weight is 298 g/mol. The molecule has 1 aromatic carbocycles. The van der Waals surface area contributed by atoms with E-state index in [0.717, 1.165) is 18.4 Å². The maximum absolute atomic E-state index is 12.0. The first-order chi connectivity index (χ1) is 9.49. The quantitative estimate of drug-likeness (QED) is 0.873. The number of aliphatic carboxylic acids is 1. The van der Waals surface area contributed by atoms with Crippen LogP contribution >= 0.6 is 11.6 Å². The van der Waals surface area contributed by atoms with Crippen molar-refractivity contribution < 1.29 is 19.4 Å². The Hall–Kier alpha value is -1.75. The van der Waals surface area contributed by atoms with Gasteiger partial charge in [0.05, 0.1) is 0 Å². The molecular formula is C14H16ClNO4. The topological polar surface area (TPSA) is 66.8 Å². The van der Waals surface area contributed by atoms with E-state index in [9.17, 15) is 9.59 Å². The summed E-state index contributed by atoms with van der Waals surface area (Å²) in [4.78, 5) is 24.2. The number of hydrogen-bond donors (Lipinski definition) is 1. The molecule has 0 spiro atoms. The number of ether oxygens (including phenoxy) is 1. The van der Waals surface area contributed by atoms with Gasteiger partial charge in [0, 0.05) is 16.6 Å². The smallest absolute Gasteiger partial charge is 0.323 e. The summed E-state index contributed by atoms with van der Waals surface area (Å²) in [5.41, 5.74) is 0.762. The molecule has 1 saturated carbocycles. The predicted octanol–water partition coefficient (Wildman–Crippen LogP) is 2.10. The van der Waals surface area contributed by atoms with Gasteiger partial charge in [-0.25, -0.2) is 0 Å². The molecule has 20 heavy (non-hydrogen) atoms. The van der Waals surface area contributed by atoms with Crippen LogP contribution in [0.2, 0.25) is 5.02 Å². The van der Waals surface area contributed by atoms with E-state index in [2.05, 4.69) is 0 Å². The summed E-state index contributed by atoms with van der Waals surface area (Å²) in [5.74, 6) is -0.782. The maximum Gasteiger partial charge on any atom is 0.323 e. The molecule has 0 aliphatic heterocycles. The van der Waals surface area contributed by atoms with Crippen molar-refractivity contribution in [3.63, 3.8) is 0 Å². The second-order valence-electron chi connectivity index (χ2n) is 4.80. The summed E-state index contributed by atoms with van der Waals surface area (Å²) in [6, 6.07) is 5.26. The minimum Gasteiger partial charge on any atom is -0.483 e. The van der Waals surface area contributed by atoms with E-state index in [1.807, 2.05) is 0 Å². The Bertz CT molecular complexity index is 528. The summed E-state index contributed by atoms with van der Waals surface area (Å²) < 4.78 is 5.45. The van der Waals surface area contributed by atoms with Crippen molar-refractivity contribution >= 4 is 23.5 Å². The number of nitrogens with zero attached hydrogens (tertiary/aromatic N) is 1. The summed E-state index contributed by atoms with van der Waals surface area (Å²) in [7, 11) is 0. The second kappa shape index (κ2) is 6.13. The van der Waals surface area contributed by atoms with Crippen LogP contribution in [0.1, 0.15) is 18.4 Å². The molecule has 6 heteroatoms. The summed E-state index contributed by atoms with van der Waals surface area (Å²) in [5, 5.41) is 9.39. The number of carboxylic acid groups (broad SMARTS) is 1. The van der Waals surface area contributed by atoms with Crippen molar-refractivity contribution in [2.24, 2.45) is 0 Å². The monoisotopic (exact) mass is 297 g/mol. The lowest BCUT2D eigenvalue weighted by molar-refractivity contribution is -0.145. The van der Waals surface area contributed by atoms with Gasteiger partial charge in [-0.2, -0.15) is 0 Å². The number of hydrogen-bond acceptors (Lipinski definition) is 3. The first-order valence-corrected chi connectivity index (χ1v) is 6.76. The number of carbonyl (C=O) groups excluding carboxylic acids is 1. The van der Waals surface area contributed by atoms with Crippen LogP contribution in [0, 0.1) is 6.92 Å². The molecule has 1 aliphatic rings. The van der Waals surface area contributed by atoms with E-state index >= 15 is 0 Å². The van der Waals surface area contributed by atoms with Gasteiger partial charge in [0.2, 0.25) is 0 Å². The number of rotatable bonds is 6. The lowest BCUT2D eigenvalue weighted by atomic mass is 10.2. The largest absolute Gasteiger partial charge is 0.483 e. The van der Waals surface area contributed by atoms with E-state index in [-0.39, 0.29) is 25.1 Å². The molecule has 0 radical (unpaired) electrons. The van der Waals surface area contributed by atoms with E-state index < -0.39 is 5.97 Å². The van der Waals surface area contributed by atoms with Crippen molar-refractivity contribution in [3.05, 3.63) is 28.8 Å². The third-order valence-corrected chi connectivity index (χ3v) is 3.59. The highest BCUT2D eigenvalue weighted by molar-refractivity contribution is 6.31. The van der Waals surface area contributed by atoms with Gasteiger partial charge < -0.3 is 14.7 Å². The molecular weight excluding hydrogens is 282 g/mol. The molecule has 1 amide bonds. The van der Waals surface area contributed by atoms with Crippen LogP contribution in [0.4, 0.5) is 0 Å². The van der Waals surface area contributed by atoms with Crippen molar-refractivity contribution in [2.75, 3.05) is 13.2 Å². The standard InChI is InChI=1S/C14H16ClNO4/c1-9-11(15)3-2-4-12(9)20-8-13(17)16(7-14(18)19)10-5-6-10/h2-4,10H,5-8H2,1H3,(H,18,19). The van der Waals surface area contributed by atoms with E-state index in [1.54, 1.807) is 25.1 Å². The summed E-state index contributed by atoms with van der Waals surface area (Å²) in [6.45, 7) is 1.35. The van der Waals surface area contributed by atoms with Gasteiger partial charge in [0.15, 0.2) is 6.61 Å². The normalized spacial score (nSPS) is 13.9. The Morgan fingerprint density at radius 3 is 2.75 bits per heavy atom. The molecule has 1 N–H and O–H groups in total. The molecule has 0 unspecified atom stereocenters. The Kier molecular flexibility index (Phi) is 4.49. The van der Waals surface area contributed by atoms with Gasteiger partial charge in [-0.3, -0.25) is 9.59 Å². The van der Waals surface area contributed by atoms with Crippen LogP contribution in [0.3, 0.4) is 0 Å². The van der Waals surface area contributed by atoms with Crippen molar-refractivity contribution in [3.8, 4) is 5.75 Å². The lowest BCUT2D eigenvalue weighted by Gasteiger charge is -2.20. The predicted molar refractivity (Wildman–Crippen MR) is 74.1 cm³/mol. The fourth-order valence-corrected chi connectivity index (χ4v) is 2.09. The number of amides is 1. The zero-order valence-corrected chi connectivity index (χ0v) is 11.9. The van der Waals surface area contributed by atoms with Crippen LogP contribution in [0.15, 0.2) is 18.2 Å². The Balaban J connectivity index is 1.96. The number of carbonyl (C=O) groups is 2. The molecule has 0 atom stereocenters. The average Bonchev–Trinajstić information content (AvgIpc) is 3.21. The number of benzene rings is 1. The van der Waals surface area contributed by atoms with Gasteiger partial charge in [-0.1, -0.05) is 17.7 Å². The lowest BCUT2D eigenvalue weighted by Crippen LogP contribution is -2.40. The fraction of sp³-hybridized carbons (Fsp3) is 0.429. The van der Waals surface area contributed by atoms with Crippen LogP contribution in [-0.4, -0.2) is 41.1 Å². The van der Waals surface area contributed by atoms with Gasteiger partial charge >= 0.3 is 5.97 Å². The molecule has 5 nitrogen and oxygen atoms in total. The molecule has 0 bridgehead atoms. The van der Waals surface area contributed by atoms with E-state index in [1.165, 1.54) is 4.90 Å². The molecule has 108 valence electrons. The highest BCUT2D eigenvalue weighted by atomic mass is 35.5. The highest BCUT2D eigenvalue weighted by Crippen LogP contribution is 2.28. The molecule has 0 heterocycles. The van der Waals surface area contributed by atoms with Crippen LogP contribution in [0.5, 0.6) is 5.75 Å². The van der Waals surface area contributed by atoms with Crippen molar-refractivity contribution in [2.45, 2.75) is 25.8 Å². The minimum atomic E-state index is -1.01. The third-order valence-electron chi connectivity index (χ3n) is 3.18. The molecule has 2 rings (SSSR count). The maximum atomic E-state index is 12.0. The van der Waals surface area contributed by atoms with Gasteiger partial charge in [0.25, 0.3) is 5.91 Å². The first kappa shape index (κ1) is 14.7. The minimum absolute atomic E-state index is 0.0441. The van der Waals surface area contributed by atoms with E-state index in [4.69, 9.17) is 21.4 Å². The second-order valence-corrected chi connectivity index (χ2v) is 5.21. The van der Waals surface area contributed by atoms with E-state index in [0.29, 0.717) is 10.8 Å². The number of carboxylic acids is 1. The third kappa shape index (κ3) is 3.63. The molecule has 1 aromatic rings. The number of halogens is 1. The Labute approximate surface area is 122 Å². The SMILES string of the molecule is Cc1c(Cl)cccc1OCC(=O)N(CC(=O)O)C1CC1. The molecule has 1 fully saturated rings. The summed E-state index contributed by atoms with van der Waals surface area (Å²) >= 11 is 5.97. The Morgan fingerprint density at radius 1 is 1.45 bits per heavy atom. The van der Waals surface area contributed by atoms with Gasteiger partial charge in [0.1, 0.15) is 12.3 Å². The summed E-state index contributed by atoms with van der Waals surface area (Å²) in [6.07, 6.45) is 1.71. The van der Waals surface area contributed by atoms with Gasteiger partial charge in [-0.05, 0) is 31.9 Å². The van der Waals surface area contributed by atoms with Crippen molar-refractivity contribution in [1.29, 1.82) is 0 Å². The van der Waals surface area contributed by atoms with Crippen LogP contribution in [0.25, 0.3) is 0 Å².